The fourth-order valence-corrected chi connectivity index (χ4v) is 1.21. The molecule has 1 rings (SSSR count). The first-order valence-corrected chi connectivity index (χ1v) is 4.99. The number of halogens is 1. The van der Waals surface area contributed by atoms with Crippen molar-refractivity contribution in [1.29, 1.82) is 0 Å². The average molecular weight is 224 g/mol. The molecule has 0 amide bonds. The van der Waals surface area contributed by atoms with E-state index in [4.69, 9.17) is 0 Å². The molecule has 0 fully saturated rings. The van der Waals surface area contributed by atoms with Crippen LogP contribution < -0.4 is 0 Å². The third-order valence-electron chi connectivity index (χ3n) is 2.10. The number of hydrogen-bond acceptors (Lipinski definition) is 3. The Morgan fingerprint density at radius 1 is 1.38 bits per heavy atom. The molecule has 1 aromatic carbocycles. The molecule has 0 spiro atoms. The van der Waals surface area contributed by atoms with Gasteiger partial charge in [0.15, 0.2) is 5.78 Å². The topological polar surface area (TPSA) is 43.4 Å². The van der Waals surface area contributed by atoms with E-state index in [9.17, 15) is 14.0 Å². The number of Topliss-reactive ketones (excluding diaryl/α,β-unsaturated/α-hetero) is 1. The Labute approximate surface area is 93.2 Å². The summed E-state index contributed by atoms with van der Waals surface area (Å²) in [6, 6.07) is 4.14. The summed E-state index contributed by atoms with van der Waals surface area (Å²) in [4.78, 5) is 22.6. The third-order valence-corrected chi connectivity index (χ3v) is 2.10. The lowest BCUT2D eigenvalue weighted by molar-refractivity contribution is -0.141. The predicted octanol–water partition coefficient (Wildman–Crippen LogP) is 2.27. The maximum Gasteiger partial charge on any atom is 0.313 e. The molecule has 0 aliphatic carbocycles. The molecule has 16 heavy (non-hydrogen) atoms. The lowest BCUT2D eigenvalue weighted by Crippen LogP contribution is -2.11. The number of ether oxygens (including phenoxy) is 1. The summed E-state index contributed by atoms with van der Waals surface area (Å²) in [6.45, 7) is 3.50. The van der Waals surface area contributed by atoms with Crippen LogP contribution in [0.3, 0.4) is 0 Å². The van der Waals surface area contributed by atoms with E-state index < -0.39 is 17.6 Å². The molecular formula is C12H13FO3. The maximum atomic E-state index is 13.2. The molecule has 0 radical (unpaired) electrons. The van der Waals surface area contributed by atoms with Crippen LogP contribution in [0.25, 0.3) is 0 Å². The van der Waals surface area contributed by atoms with E-state index in [0.717, 1.165) is 6.07 Å². The number of aryl methyl sites for hydroxylation is 1. The van der Waals surface area contributed by atoms with Crippen LogP contribution in [0.5, 0.6) is 0 Å². The fourth-order valence-electron chi connectivity index (χ4n) is 1.21. The Bertz CT molecular complexity index is 413. The number of rotatable bonds is 4. The van der Waals surface area contributed by atoms with Gasteiger partial charge in [0, 0.05) is 5.56 Å². The SMILES string of the molecule is CCOC(=O)CC(=O)c1ccc(C)c(F)c1. The van der Waals surface area contributed by atoms with Crippen molar-refractivity contribution in [3.8, 4) is 0 Å². The minimum atomic E-state index is -0.589. The van der Waals surface area contributed by atoms with Gasteiger partial charge in [0.2, 0.25) is 0 Å². The summed E-state index contributed by atoms with van der Waals surface area (Å²) in [7, 11) is 0. The van der Waals surface area contributed by atoms with Crippen LogP contribution in [0.2, 0.25) is 0 Å². The van der Waals surface area contributed by atoms with Crippen molar-refractivity contribution < 1.29 is 18.7 Å². The highest BCUT2D eigenvalue weighted by Gasteiger charge is 2.13. The van der Waals surface area contributed by atoms with E-state index in [1.165, 1.54) is 12.1 Å². The lowest BCUT2D eigenvalue weighted by atomic mass is 10.1. The molecule has 86 valence electrons. The predicted molar refractivity (Wildman–Crippen MR) is 56.7 cm³/mol. The molecule has 0 N–H and O–H groups in total. The zero-order valence-corrected chi connectivity index (χ0v) is 9.25. The molecule has 0 unspecified atom stereocenters. The van der Waals surface area contributed by atoms with Crippen LogP contribution >= 0.6 is 0 Å². The van der Waals surface area contributed by atoms with Crippen LogP contribution in [-0.4, -0.2) is 18.4 Å². The zero-order valence-electron chi connectivity index (χ0n) is 9.25. The quantitative estimate of drug-likeness (QED) is 0.447. The molecule has 0 saturated heterocycles. The Hall–Kier alpha value is -1.71. The van der Waals surface area contributed by atoms with E-state index in [-0.39, 0.29) is 18.6 Å². The summed E-state index contributed by atoms with van der Waals surface area (Å²) in [5, 5.41) is 0. The van der Waals surface area contributed by atoms with Crippen molar-refractivity contribution in [2.24, 2.45) is 0 Å². The van der Waals surface area contributed by atoms with Crippen LogP contribution in [0.1, 0.15) is 29.3 Å². The van der Waals surface area contributed by atoms with Gasteiger partial charge in [-0.05, 0) is 25.5 Å². The van der Waals surface area contributed by atoms with Crippen molar-refractivity contribution in [2.45, 2.75) is 20.3 Å². The van der Waals surface area contributed by atoms with Crippen molar-refractivity contribution in [2.75, 3.05) is 6.61 Å². The number of ketones is 1. The van der Waals surface area contributed by atoms with E-state index in [0.29, 0.717) is 5.56 Å². The van der Waals surface area contributed by atoms with E-state index >= 15 is 0 Å². The van der Waals surface area contributed by atoms with Crippen LogP contribution in [0.4, 0.5) is 4.39 Å². The highest BCUT2D eigenvalue weighted by molar-refractivity contribution is 6.05. The second-order valence-electron chi connectivity index (χ2n) is 3.37. The van der Waals surface area contributed by atoms with Crippen LogP contribution in [-0.2, 0) is 9.53 Å². The fraction of sp³-hybridized carbons (Fsp3) is 0.333. The highest BCUT2D eigenvalue weighted by atomic mass is 19.1. The van der Waals surface area contributed by atoms with Gasteiger partial charge in [0.1, 0.15) is 12.2 Å². The van der Waals surface area contributed by atoms with E-state index in [2.05, 4.69) is 4.74 Å². The van der Waals surface area contributed by atoms with Gasteiger partial charge in [0.05, 0.1) is 6.61 Å². The number of carbonyl (C=O) groups excluding carboxylic acids is 2. The molecule has 0 heterocycles. The van der Waals surface area contributed by atoms with Gasteiger partial charge in [-0.3, -0.25) is 9.59 Å². The first kappa shape index (κ1) is 12.4. The van der Waals surface area contributed by atoms with Crippen molar-refractivity contribution >= 4 is 11.8 Å². The molecule has 3 nitrogen and oxygen atoms in total. The molecule has 0 aromatic heterocycles. The smallest absolute Gasteiger partial charge is 0.313 e. The van der Waals surface area contributed by atoms with Gasteiger partial charge in [-0.2, -0.15) is 0 Å². The second kappa shape index (κ2) is 5.39. The number of hydrogen-bond donors (Lipinski definition) is 0. The van der Waals surface area contributed by atoms with Crippen molar-refractivity contribution in [3.63, 3.8) is 0 Å². The minimum absolute atomic E-state index is 0.191. The summed E-state index contributed by atoms with van der Waals surface area (Å²) in [5.41, 5.74) is 0.656. The summed E-state index contributed by atoms with van der Waals surface area (Å²) in [6.07, 6.45) is -0.351. The van der Waals surface area contributed by atoms with Crippen LogP contribution in [0.15, 0.2) is 18.2 Å². The third kappa shape index (κ3) is 3.15. The number of esters is 1. The van der Waals surface area contributed by atoms with Gasteiger partial charge in [-0.25, -0.2) is 4.39 Å². The number of carbonyl (C=O) groups is 2. The average Bonchev–Trinajstić information content (AvgIpc) is 2.22. The summed E-state index contributed by atoms with van der Waals surface area (Å²) >= 11 is 0. The lowest BCUT2D eigenvalue weighted by Gasteiger charge is -2.03. The van der Waals surface area contributed by atoms with Gasteiger partial charge < -0.3 is 4.74 Å². The van der Waals surface area contributed by atoms with Gasteiger partial charge in [-0.1, -0.05) is 12.1 Å². The van der Waals surface area contributed by atoms with Crippen molar-refractivity contribution in [1.82, 2.24) is 0 Å². The molecule has 4 heteroatoms. The van der Waals surface area contributed by atoms with Crippen LogP contribution in [0, 0.1) is 12.7 Å². The monoisotopic (exact) mass is 224 g/mol. The second-order valence-corrected chi connectivity index (χ2v) is 3.37. The Balaban J connectivity index is 2.73. The van der Waals surface area contributed by atoms with E-state index in [1.807, 2.05) is 0 Å². The first-order valence-electron chi connectivity index (χ1n) is 4.99. The van der Waals surface area contributed by atoms with Crippen molar-refractivity contribution in [3.05, 3.63) is 35.1 Å². The van der Waals surface area contributed by atoms with Gasteiger partial charge >= 0.3 is 5.97 Å². The Kier molecular flexibility index (Phi) is 4.17. The molecule has 0 aliphatic rings. The molecule has 0 aliphatic heterocycles. The standard InChI is InChI=1S/C12H13FO3/c1-3-16-12(15)7-11(14)9-5-4-8(2)10(13)6-9/h4-6H,3,7H2,1-2H3. The molecule has 0 atom stereocenters. The molecule has 0 saturated carbocycles. The summed E-state index contributed by atoms with van der Waals surface area (Å²) < 4.78 is 17.8. The van der Waals surface area contributed by atoms with Gasteiger partial charge in [0.25, 0.3) is 0 Å². The van der Waals surface area contributed by atoms with Gasteiger partial charge in [-0.15, -0.1) is 0 Å². The highest BCUT2D eigenvalue weighted by Crippen LogP contribution is 2.11. The Morgan fingerprint density at radius 3 is 2.62 bits per heavy atom. The first-order chi connectivity index (χ1) is 7.54. The van der Waals surface area contributed by atoms with E-state index in [1.54, 1.807) is 13.8 Å². The normalized spacial score (nSPS) is 9.94. The molecule has 0 bridgehead atoms. The minimum Gasteiger partial charge on any atom is -0.466 e. The molecular weight excluding hydrogens is 211 g/mol. The Morgan fingerprint density at radius 2 is 2.06 bits per heavy atom. The molecule has 1 aromatic rings. The summed E-state index contributed by atoms with van der Waals surface area (Å²) in [5.74, 6) is -1.47. The zero-order chi connectivity index (χ0) is 12.1. The number of benzene rings is 1. The largest absolute Gasteiger partial charge is 0.466 e. The maximum absolute atomic E-state index is 13.2.